The minimum Gasteiger partial charge on any atom is -0.465 e. The molecule has 3 aliphatic rings. The molecule has 1 aromatic carbocycles. The Bertz CT molecular complexity index is 1760. The Labute approximate surface area is 259 Å². The van der Waals surface area contributed by atoms with Crippen molar-refractivity contribution in [3.05, 3.63) is 74.8 Å². The van der Waals surface area contributed by atoms with Crippen LogP contribution in [0.4, 0.5) is 0 Å². The summed E-state index contributed by atoms with van der Waals surface area (Å²) < 4.78 is 17.7. The summed E-state index contributed by atoms with van der Waals surface area (Å²) in [5, 5.41) is 15.7. The molecular weight excluding hydrogens is 587 g/mol. The first-order valence-corrected chi connectivity index (χ1v) is 15.5. The van der Waals surface area contributed by atoms with Gasteiger partial charge in [-0.05, 0) is 69.1 Å². The van der Waals surface area contributed by atoms with Gasteiger partial charge in [0, 0.05) is 46.4 Å². The van der Waals surface area contributed by atoms with Crippen LogP contribution in [-0.4, -0.2) is 33.8 Å². The highest BCUT2D eigenvalue weighted by Crippen LogP contribution is 2.52. The van der Waals surface area contributed by atoms with E-state index in [-0.39, 0.29) is 11.5 Å². The molecule has 3 saturated carbocycles. The molecule has 3 atom stereocenters. The van der Waals surface area contributed by atoms with Gasteiger partial charge in [0.25, 0.3) is 0 Å². The first kappa shape index (κ1) is 28.3. The van der Waals surface area contributed by atoms with Gasteiger partial charge in [-0.2, -0.15) is 5.26 Å². The van der Waals surface area contributed by atoms with Crippen LogP contribution in [0.5, 0.6) is 0 Å². The molecule has 7 rings (SSSR count). The zero-order valence-corrected chi connectivity index (χ0v) is 25.2. The highest BCUT2D eigenvalue weighted by atomic mass is 35.5. The van der Waals surface area contributed by atoms with Crippen LogP contribution in [-0.2, 0) is 16.1 Å². The van der Waals surface area contributed by atoms with Gasteiger partial charge in [0.2, 0.25) is 0 Å². The molecule has 0 aliphatic heterocycles. The number of hydrogen-bond donors (Lipinski definition) is 0. The van der Waals surface area contributed by atoms with Crippen LogP contribution in [0.2, 0.25) is 10.0 Å². The van der Waals surface area contributed by atoms with Crippen molar-refractivity contribution in [1.29, 1.82) is 5.26 Å². The third kappa shape index (κ3) is 5.08. The lowest BCUT2D eigenvalue weighted by molar-refractivity contribution is -0.119. The lowest BCUT2D eigenvalue weighted by Crippen LogP contribution is -2.44. The van der Waals surface area contributed by atoms with Crippen LogP contribution in [0.15, 0.2) is 41.2 Å². The first-order valence-electron chi connectivity index (χ1n) is 14.7. The fourth-order valence-electron chi connectivity index (χ4n) is 7.19. The number of rotatable bonds is 7. The van der Waals surface area contributed by atoms with E-state index < -0.39 is 5.97 Å². The van der Waals surface area contributed by atoms with Crippen LogP contribution in [0.3, 0.4) is 0 Å². The van der Waals surface area contributed by atoms with Crippen molar-refractivity contribution in [2.75, 3.05) is 7.11 Å². The van der Waals surface area contributed by atoms with Crippen molar-refractivity contribution < 1.29 is 18.8 Å². The van der Waals surface area contributed by atoms with Crippen molar-refractivity contribution in [1.82, 2.24) is 15.1 Å². The Morgan fingerprint density at radius 3 is 2.67 bits per heavy atom. The van der Waals surface area contributed by atoms with Gasteiger partial charge < -0.3 is 14.0 Å². The fraction of sp³-hybridized carbons (Fsp3) is 0.424. The summed E-state index contributed by atoms with van der Waals surface area (Å²) in [7, 11) is 1.35. The van der Waals surface area contributed by atoms with Crippen molar-refractivity contribution in [2.24, 2.45) is 5.92 Å². The average Bonchev–Trinajstić information content (AvgIpc) is 3.78. The standard InChI is InChI=1S/C33H30Cl2N4O4/c1-41-32(40)23-7-6-20(14-36)29-22(23)8-9-27(38-29)21-10-12-33(11-2-3-19(21)13-33)42-17-24-30(39-43-31(24)18-4-5-18)28-25(34)15-37-16-26(28)35/h6-9,15-16,18-19,21H,2-5,10-13,17H2,1H3. The highest BCUT2D eigenvalue weighted by molar-refractivity contribution is 6.38. The third-order valence-corrected chi connectivity index (χ3v) is 10.1. The minimum absolute atomic E-state index is 0.243. The number of halogens is 2. The van der Waals surface area contributed by atoms with Crippen molar-refractivity contribution in [2.45, 2.75) is 75.4 Å². The molecule has 3 fully saturated rings. The summed E-state index contributed by atoms with van der Waals surface area (Å²) in [6.45, 7) is 0.382. The van der Waals surface area contributed by atoms with Crippen LogP contribution < -0.4 is 0 Å². The number of nitriles is 1. The number of methoxy groups -OCH3 is 1. The van der Waals surface area contributed by atoms with Gasteiger partial charge in [-0.1, -0.05) is 40.8 Å². The van der Waals surface area contributed by atoms with E-state index in [0.717, 1.165) is 68.4 Å². The molecule has 3 heterocycles. The Balaban J connectivity index is 1.15. The second kappa shape index (κ2) is 11.2. The van der Waals surface area contributed by atoms with Crippen molar-refractivity contribution in [3.63, 3.8) is 0 Å². The van der Waals surface area contributed by atoms with E-state index >= 15 is 0 Å². The Morgan fingerprint density at radius 1 is 1.12 bits per heavy atom. The van der Waals surface area contributed by atoms with Crippen LogP contribution >= 0.6 is 23.2 Å². The highest BCUT2D eigenvalue weighted by Gasteiger charge is 2.46. The van der Waals surface area contributed by atoms with Gasteiger partial charge in [0.05, 0.1) is 46.0 Å². The van der Waals surface area contributed by atoms with Gasteiger partial charge in [-0.25, -0.2) is 4.79 Å². The van der Waals surface area contributed by atoms with E-state index in [9.17, 15) is 10.1 Å². The van der Waals surface area contributed by atoms with Gasteiger partial charge in [-0.15, -0.1) is 0 Å². The molecule has 220 valence electrons. The predicted molar refractivity (Wildman–Crippen MR) is 161 cm³/mol. The van der Waals surface area contributed by atoms with Crippen LogP contribution in [0, 0.1) is 17.2 Å². The molecule has 0 spiro atoms. The molecule has 3 unspecified atom stereocenters. The summed E-state index contributed by atoms with van der Waals surface area (Å²) >= 11 is 13.0. The number of ether oxygens (including phenoxy) is 2. The van der Waals surface area contributed by atoms with E-state index in [4.69, 9.17) is 42.2 Å². The maximum atomic E-state index is 12.4. The minimum atomic E-state index is -0.440. The molecule has 8 nitrogen and oxygen atoms in total. The van der Waals surface area contributed by atoms with Gasteiger partial charge in [0.15, 0.2) is 0 Å². The topological polar surface area (TPSA) is 111 Å². The molecule has 3 aromatic heterocycles. The number of nitrogens with zero attached hydrogens (tertiary/aromatic N) is 4. The van der Waals surface area contributed by atoms with Crippen molar-refractivity contribution in [3.8, 4) is 17.3 Å². The normalized spacial score (nSPS) is 23.2. The maximum absolute atomic E-state index is 12.4. The molecule has 0 N–H and O–H groups in total. The second-order valence-corrected chi connectivity index (χ2v) is 12.8. The molecule has 2 bridgehead atoms. The molecule has 10 heteroatoms. The van der Waals surface area contributed by atoms with E-state index in [1.807, 2.05) is 12.1 Å². The predicted octanol–water partition coefficient (Wildman–Crippen LogP) is 8.15. The fourth-order valence-corrected chi connectivity index (χ4v) is 7.73. The lowest BCUT2D eigenvalue weighted by Gasteiger charge is -2.48. The van der Waals surface area contributed by atoms with E-state index in [2.05, 4.69) is 16.2 Å². The molecule has 4 aromatic rings. The van der Waals surface area contributed by atoms with E-state index in [1.54, 1.807) is 24.5 Å². The van der Waals surface area contributed by atoms with Gasteiger partial charge in [0.1, 0.15) is 17.5 Å². The lowest BCUT2D eigenvalue weighted by atomic mass is 9.63. The number of pyridine rings is 2. The number of carbonyl (C=O) groups excluding carboxylic acids is 1. The smallest absolute Gasteiger partial charge is 0.338 e. The SMILES string of the molecule is COC(=O)c1ccc(C#N)c2nc(C3CCC4(OCc5c(-c6c(Cl)cncc6Cl)noc5C5CC5)CCCC3C4)ccc12. The van der Waals surface area contributed by atoms with Gasteiger partial charge >= 0.3 is 5.97 Å². The Hall–Kier alpha value is -3.51. The number of benzene rings is 1. The second-order valence-electron chi connectivity index (χ2n) is 12.0. The molecular formula is C33H30Cl2N4O4. The van der Waals surface area contributed by atoms with E-state index in [1.165, 1.54) is 7.11 Å². The molecule has 43 heavy (non-hydrogen) atoms. The summed E-state index contributed by atoms with van der Waals surface area (Å²) in [5.74, 6) is 1.43. The molecule has 0 amide bonds. The average molecular weight is 618 g/mol. The summed E-state index contributed by atoms with van der Waals surface area (Å²) in [6, 6.07) is 9.44. The molecule has 0 radical (unpaired) electrons. The van der Waals surface area contributed by atoms with Crippen LogP contribution in [0.1, 0.15) is 96.1 Å². The summed E-state index contributed by atoms with van der Waals surface area (Å²) in [5.41, 5.74) is 4.33. The van der Waals surface area contributed by atoms with Crippen molar-refractivity contribution >= 4 is 40.1 Å². The number of hydrogen-bond acceptors (Lipinski definition) is 8. The zero-order chi connectivity index (χ0) is 29.7. The summed E-state index contributed by atoms with van der Waals surface area (Å²) in [4.78, 5) is 21.4. The zero-order valence-electron chi connectivity index (χ0n) is 23.7. The maximum Gasteiger partial charge on any atom is 0.338 e. The number of fused-ring (bicyclic) bond motifs is 3. The Kier molecular flexibility index (Phi) is 7.37. The van der Waals surface area contributed by atoms with Gasteiger partial charge in [-0.3, -0.25) is 9.97 Å². The van der Waals surface area contributed by atoms with Crippen LogP contribution in [0.25, 0.3) is 22.2 Å². The molecule has 3 aliphatic carbocycles. The summed E-state index contributed by atoms with van der Waals surface area (Å²) in [6.07, 6.45) is 11.2. The largest absolute Gasteiger partial charge is 0.465 e. The Morgan fingerprint density at radius 2 is 1.93 bits per heavy atom. The molecule has 0 saturated heterocycles. The number of esters is 1. The number of carbonyl (C=O) groups is 1. The number of aromatic nitrogens is 3. The third-order valence-electron chi connectivity index (χ3n) is 9.49. The van der Waals surface area contributed by atoms with E-state index in [0.29, 0.717) is 61.8 Å². The quantitative estimate of drug-likeness (QED) is 0.191. The monoisotopic (exact) mass is 616 g/mol. The first-order chi connectivity index (χ1) is 20.9.